The maximum Gasteiger partial charge on any atom is 0.336 e. The fourth-order valence-corrected chi connectivity index (χ4v) is 3.00. The van der Waals surface area contributed by atoms with E-state index in [9.17, 15) is 14.9 Å². The molecule has 0 radical (unpaired) electrons. The standard InChI is InChI=1S/C12H16ClNO4Si/c1-19(2,3)7-6-8-9(12(15)16)4-5-10(13)11(8)14(17)18/h4-5H,6-7H2,1-3H3,(H,15,16). The van der Waals surface area contributed by atoms with Crippen molar-refractivity contribution in [3.63, 3.8) is 0 Å². The van der Waals surface area contributed by atoms with Crippen LogP contribution in [0.1, 0.15) is 15.9 Å². The van der Waals surface area contributed by atoms with Crippen LogP contribution in [0.3, 0.4) is 0 Å². The quantitative estimate of drug-likeness (QED) is 0.509. The maximum atomic E-state index is 11.2. The molecule has 0 spiro atoms. The Morgan fingerprint density at radius 3 is 2.42 bits per heavy atom. The average Bonchev–Trinajstić information content (AvgIpc) is 2.24. The molecule has 1 aromatic carbocycles. The molecule has 0 saturated heterocycles. The van der Waals surface area contributed by atoms with E-state index in [1.165, 1.54) is 12.1 Å². The van der Waals surface area contributed by atoms with Gasteiger partial charge in [0.2, 0.25) is 0 Å². The summed E-state index contributed by atoms with van der Waals surface area (Å²) in [5.74, 6) is -1.16. The molecule has 0 heterocycles. The van der Waals surface area contributed by atoms with Gasteiger partial charge in [-0.2, -0.15) is 0 Å². The fraction of sp³-hybridized carbons (Fsp3) is 0.417. The van der Waals surface area contributed by atoms with Crippen LogP contribution in [0.15, 0.2) is 12.1 Å². The molecule has 0 aliphatic rings. The van der Waals surface area contributed by atoms with E-state index in [1.54, 1.807) is 0 Å². The van der Waals surface area contributed by atoms with Crippen molar-refractivity contribution in [2.45, 2.75) is 32.1 Å². The molecule has 1 aromatic rings. The van der Waals surface area contributed by atoms with Crippen LogP contribution in [-0.4, -0.2) is 24.1 Å². The molecule has 0 fully saturated rings. The first-order chi connectivity index (χ1) is 8.63. The third kappa shape index (κ3) is 4.04. The molecule has 0 aromatic heterocycles. The van der Waals surface area contributed by atoms with E-state index in [2.05, 4.69) is 19.6 Å². The number of rotatable bonds is 5. The zero-order valence-corrected chi connectivity index (χ0v) is 12.8. The molecular weight excluding hydrogens is 286 g/mol. The van der Waals surface area contributed by atoms with Crippen molar-refractivity contribution >= 4 is 31.3 Å². The van der Waals surface area contributed by atoms with Gasteiger partial charge in [-0.15, -0.1) is 0 Å². The molecule has 0 aliphatic heterocycles. The van der Waals surface area contributed by atoms with Gasteiger partial charge in [0.1, 0.15) is 5.02 Å². The van der Waals surface area contributed by atoms with Gasteiger partial charge in [0.25, 0.3) is 5.69 Å². The second-order valence-corrected chi connectivity index (χ2v) is 11.6. The van der Waals surface area contributed by atoms with Crippen molar-refractivity contribution in [2.24, 2.45) is 0 Å². The van der Waals surface area contributed by atoms with Gasteiger partial charge in [0, 0.05) is 13.6 Å². The van der Waals surface area contributed by atoms with Crippen LogP contribution in [0.25, 0.3) is 0 Å². The van der Waals surface area contributed by atoms with Crippen LogP contribution in [0.2, 0.25) is 30.7 Å². The number of aromatic carboxylic acids is 1. The molecule has 0 atom stereocenters. The van der Waals surface area contributed by atoms with Crippen molar-refractivity contribution in [3.8, 4) is 0 Å². The highest BCUT2D eigenvalue weighted by Crippen LogP contribution is 2.33. The van der Waals surface area contributed by atoms with Crippen LogP contribution >= 0.6 is 11.6 Å². The number of halogens is 1. The minimum atomic E-state index is -1.43. The Labute approximate surface area is 117 Å². The Kier molecular flexibility index (Phi) is 4.70. The summed E-state index contributed by atoms with van der Waals surface area (Å²) in [6, 6.07) is 3.37. The van der Waals surface area contributed by atoms with Crippen LogP contribution in [0.4, 0.5) is 5.69 Å². The highest BCUT2D eigenvalue weighted by molar-refractivity contribution is 6.76. The zero-order valence-electron chi connectivity index (χ0n) is 11.1. The number of carboxylic acids is 1. The third-order valence-electron chi connectivity index (χ3n) is 2.77. The van der Waals surface area contributed by atoms with Crippen molar-refractivity contribution in [3.05, 3.63) is 38.4 Å². The summed E-state index contributed by atoms with van der Waals surface area (Å²) < 4.78 is 0. The molecule has 0 bridgehead atoms. The highest BCUT2D eigenvalue weighted by Gasteiger charge is 2.26. The third-order valence-corrected chi connectivity index (χ3v) is 4.83. The minimum absolute atomic E-state index is 0.0134. The molecule has 0 unspecified atom stereocenters. The van der Waals surface area contributed by atoms with Crippen molar-refractivity contribution in [1.29, 1.82) is 0 Å². The summed E-state index contributed by atoms with van der Waals surface area (Å²) in [4.78, 5) is 21.7. The Balaban J connectivity index is 3.34. The highest BCUT2D eigenvalue weighted by atomic mass is 35.5. The first-order valence-electron chi connectivity index (χ1n) is 5.82. The minimum Gasteiger partial charge on any atom is -0.478 e. The first-order valence-corrected chi connectivity index (χ1v) is 9.91. The molecule has 0 aliphatic carbocycles. The van der Waals surface area contributed by atoms with E-state index < -0.39 is 19.0 Å². The predicted molar refractivity (Wildman–Crippen MR) is 76.9 cm³/mol. The SMILES string of the molecule is C[Si](C)(C)CCc1c(C(=O)O)ccc(Cl)c1[N+](=O)[O-]. The summed E-state index contributed by atoms with van der Waals surface area (Å²) in [6.45, 7) is 6.39. The number of benzene rings is 1. The second-order valence-electron chi connectivity index (χ2n) is 5.55. The van der Waals surface area contributed by atoms with Gasteiger partial charge in [-0.1, -0.05) is 37.3 Å². The number of hydrogen-bond donors (Lipinski definition) is 1. The number of carboxylic acid groups (broad SMARTS) is 1. The molecule has 0 saturated carbocycles. The normalized spacial score (nSPS) is 11.4. The topological polar surface area (TPSA) is 80.4 Å². The average molecular weight is 302 g/mol. The van der Waals surface area contributed by atoms with E-state index >= 15 is 0 Å². The van der Waals surface area contributed by atoms with E-state index in [0.29, 0.717) is 6.42 Å². The van der Waals surface area contributed by atoms with Gasteiger partial charge in [-0.3, -0.25) is 10.1 Å². The summed E-state index contributed by atoms with van der Waals surface area (Å²) >= 11 is 5.83. The van der Waals surface area contributed by atoms with E-state index in [0.717, 1.165) is 6.04 Å². The lowest BCUT2D eigenvalue weighted by atomic mass is 10.0. The van der Waals surface area contributed by atoms with Crippen LogP contribution in [0.5, 0.6) is 0 Å². The van der Waals surface area contributed by atoms with Crippen molar-refractivity contribution in [2.75, 3.05) is 0 Å². The zero-order chi connectivity index (χ0) is 14.8. The lowest BCUT2D eigenvalue weighted by Gasteiger charge is -2.16. The predicted octanol–water partition coefficient (Wildman–Crippen LogP) is 3.83. The lowest BCUT2D eigenvalue weighted by molar-refractivity contribution is -0.385. The summed E-state index contributed by atoms with van der Waals surface area (Å²) in [6.07, 6.45) is 0.369. The second kappa shape index (κ2) is 5.71. The van der Waals surface area contributed by atoms with Gasteiger partial charge in [-0.25, -0.2) is 4.79 Å². The van der Waals surface area contributed by atoms with Gasteiger partial charge >= 0.3 is 5.97 Å². The molecule has 1 N–H and O–H groups in total. The Hall–Kier alpha value is -1.40. The Morgan fingerprint density at radius 2 is 2.00 bits per heavy atom. The Morgan fingerprint density at radius 1 is 1.42 bits per heavy atom. The number of nitro groups is 1. The number of nitro benzene ring substituents is 1. The molecule has 1 rings (SSSR count). The molecule has 19 heavy (non-hydrogen) atoms. The molecule has 104 valence electrons. The van der Waals surface area contributed by atoms with Crippen molar-refractivity contribution < 1.29 is 14.8 Å². The van der Waals surface area contributed by atoms with Gasteiger partial charge in [0.05, 0.1) is 10.5 Å². The summed E-state index contributed by atoms with van der Waals surface area (Å²) in [5.41, 5.74) is -0.0819. The molecule has 0 amide bonds. The Bertz CT molecular complexity index is 525. The molecular formula is C12H16ClNO4Si. The summed E-state index contributed by atoms with van der Waals surface area (Å²) in [5, 5.41) is 20.2. The van der Waals surface area contributed by atoms with E-state index in [4.69, 9.17) is 16.7 Å². The summed E-state index contributed by atoms with van der Waals surface area (Å²) in [7, 11) is -1.43. The lowest BCUT2D eigenvalue weighted by Crippen LogP contribution is -2.21. The van der Waals surface area contributed by atoms with E-state index in [-0.39, 0.29) is 21.8 Å². The number of hydrogen-bond acceptors (Lipinski definition) is 3. The molecule has 7 heteroatoms. The smallest absolute Gasteiger partial charge is 0.336 e. The van der Waals surface area contributed by atoms with E-state index in [1.807, 2.05) is 0 Å². The van der Waals surface area contributed by atoms with Gasteiger partial charge < -0.3 is 5.11 Å². The maximum absolute atomic E-state index is 11.2. The van der Waals surface area contributed by atoms with Crippen LogP contribution < -0.4 is 0 Å². The van der Waals surface area contributed by atoms with Gasteiger partial charge in [0.15, 0.2) is 0 Å². The fourth-order valence-electron chi connectivity index (χ4n) is 1.76. The first kappa shape index (κ1) is 15.7. The largest absolute Gasteiger partial charge is 0.478 e. The van der Waals surface area contributed by atoms with Crippen LogP contribution in [-0.2, 0) is 6.42 Å². The van der Waals surface area contributed by atoms with Crippen LogP contribution in [0, 0.1) is 10.1 Å². The number of nitrogens with zero attached hydrogens (tertiary/aromatic N) is 1. The number of carbonyl (C=O) groups is 1. The van der Waals surface area contributed by atoms with Crippen molar-refractivity contribution in [1.82, 2.24) is 0 Å². The van der Waals surface area contributed by atoms with Gasteiger partial charge in [-0.05, 0) is 18.6 Å². The molecule has 5 nitrogen and oxygen atoms in total. The monoisotopic (exact) mass is 301 g/mol.